The largest absolute Gasteiger partial charge is 0.481 e. The smallest absolute Gasteiger partial charge is 0.219 e. The highest BCUT2D eigenvalue weighted by Crippen LogP contribution is 2.52. The average molecular weight is 300 g/mol. The van der Waals surface area contributed by atoms with Crippen LogP contribution in [-0.4, -0.2) is 22.9 Å². The first-order chi connectivity index (χ1) is 10.5. The molecular formula is C18H24N2O2. The van der Waals surface area contributed by atoms with Gasteiger partial charge < -0.3 is 4.74 Å². The zero-order valence-electron chi connectivity index (χ0n) is 13.7. The molecule has 4 rings (SSSR count). The highest BCUT2D eigenvalue weighted by atomic mass is 16.5. The molecule has 0 aliphatic heterocycles. The molecule has 0 aromatic carbocycles. The van der Waals surface area contributed by atoms with Crippen molar-refractivity contribution >= 4 is 5.78 Å². The molecule has 4 nitrogen and oxygen atoms in total. The molecule has 3 aliphatic rings. The molecule has 2 saturated carbocycles. The first-order valence-electron chi connectivity index (χ1n) is 8.52. The van der Waals surface area contributed by atoms with Gasteiger partial charge in [0.2, 0.25) is 5.88 Å². The molecule has 22 heavy (non-hydrogen) atoms. The third kappa shape index (κ3) is 1.92. The third-order valence-electron chi connectivity index (χ3n) is 6.19. The first-order valence-corrected chi connectivity index (χ1v) is 8.52. The van der Waals surface area contributed by atoms with Gasteiger partial charge in [0.05, 0.1) is 12.8 Å². The summed E-state index contributed by atoms with van der Waals surface area (Å²) in [6.45, 7) is 4.41. The van der Waals surface area contributed by atoms with E-state index in [1.165, 1.54) is 24.1 Å². The number of carbonyl (C=O) groups excluding carboxylic acids is 1. The van der Waals surface area contributed by atoms with Crippen LogP contribution in [0.2, 0.25) is 0 Å². The molecule has 3 aliphatic carbocycles. The molecule has 0 radical (unpaired) electrons. The quantitative estimate of drug-likeness (QED) is 0.841. The van der Waals surface area contributed by atoms with E-state index in [0.717, 1.165) is 31.0 Å². The monoisotopic (exact) mass is 300 g/mol. The van der Waals surface area contributed by atoms with Crippen molar-refractivity contribution in [3.63, 3.8) is 0 Å². The Morgan fingerprint density at radius 3 is 2.64 bits per heavy atom. The van der Waals surface area contributed by atoms with Crippen molar-refractivity contribution in [3.05, 3.63) is 17.1 Å². The van der Waals surface area contributed by atoms with Crippen LogP contribution >= 0.6 is 0 Å². The molecule has 0 spiro atoms. The maximum Gasteiger partial charge on any atom is 0.219 e. The normalized spacial score (nSPS) is 34.0. The summed E-state index contributed by atoms with van der Waals surface area (Å²) in [5, 5.41) is 0. The van der Waals surface area contributed by atoms with E-state index < -0.39 is 0 Å². The number of rotatable bonds is 2. The number of Topliss-reactive ketones (excluding diaryl/α,β-unsaturated/α-hetero) is 1. The van der Waals surface area contributed by atoms with Gasteiger partial charge in [-0.15, -0.1) is 0 Å². The van der Waals surface area contributed by atoms with Gasteiger partial charge in [-0.1, -0.05) is 13.8 Å². The summed E-state index contributed by atoms with van der Waals surface area (Å²) in [5.41, 5.74) is 2.37. The maximum absolute atomic E-state index is 12.2. The fourth-order valence-corrected chi connectivity index (χ4v) is 4.61. The van der Waals surface area contributed by atoms with E-state index in [4.69, 9.17) is 9.72 Å². The SMILES string of the molecule is COc1nc(C2CC2)nc2c1CC[C@H]1[C@H](C)C(=O)CC[C@]21C. The lowest BCUT2D eigenvalue weighted by Crippen LogP contribution is -2.47. The molecule has 1 aromatic rings. The summed E-state index contributed by atoms with van der Waals surface area (Å²) in [6, 6.07) is 0. The van der Waals surface area contributed by atoms with Gasteiger partial charge >= 0.3 is 0 Å². The minimum atomic E-state index is 0.000764. The van der Waals surface area contributed by atoms with E-state index in [-0.39, 0.29) is 11.3 Å². The Morgan fingerprint density at radius 2 is 1.95 bits per heavy atom. The maximum atomic E-state index is 12.2. The van der Waals surface area contributed by atoms with Gasteiger partial charge in [0, 0.05) is 29.2 Å². The summed E-state index contributed by atoms with van der Waals surface area (Å²) in [4.78, 5) is 21.8. The van der Waals surface area contributed by atoms with Crippen LogP contribution in [0.15, 0.2) is 0 Å². The molecule has 1 aromatic heterocycles. The molecule has 3 atom stereocenters. The van der Waals surface area contributed by atoms with E-state index in [2.05, 4.69) is 18.8 Å². The zero-order valence-corrected chi connectivity index (χ0v) is 13.7. The second kappa shape index (κ2) is 4.77. The molecule has 1 heterocycles. The molecule has 118 valence electrons. The number of methoxy groups -OCH3 is 1. The number of nitrogens with zero attached hydrogens (tertiary/aromatic N) is 2. The number of fused-ring (bicyclic) bond motifs is 3. The van der Waals surface area contributed by atoms with E-state index in [1.807, 2.05) is 0 Å². The fourth-order valence-electron chi connectivity index (χ4n) is 4.61. The summed E-state index contributed by atoms with van der Waals surface area (Å²) in [7, 11) is 1.71. The second-order valence-electron chi connectivity index (χ2n) is 7.51. The number of ketones is 1. The van der Waals surface area contributed by atoms with Crippen molar-refractivity contribution < 1.29 is 9.53 Å². The molecule has 4 heteroatoms. The molecule has 0 N–H and O–H groups in total. The number of hydrogen-bond donors (Lipinski definition) is 0. The van der Waals surface area contributed by atoms with Crippen molar-refractivity contribution in [1.82, 2.24) is 9.97 Å². The summed E-state index contributed by atoms with van der Waals surface area (Å²) >= 11 is 0. The molecular weight excluding hydrogens is 276 g/mol. The van der Waals surface area contributed by atoms with E-state index in [9.17, 15) is 4.79 Å². The van der Waals surface area contributed by atoms with Gasteiger partial charge in [-0.25, -0.2) is 4.98 Å². The average Bonchev–Trinajstić information content (AvgIpc) is 3.35. The van der Waals surface area contributed by atoms with E-state index >= 15 is 0 Å². The van der Waals surface area contributed by atoms with Crippen LogP contribution in [0.4, 0.5) is 0 Å². The summed E-state index contributed by atoms with van der Waals surface area (Å²) in [6.07, 6.45) is 5.95. The number of carbonyl (C=O) groups is 1. The van der Waals surface area contributed by atoms with Crippen LogP contribution in [0.5, 0.6) is 5.88 Å². The van der Waals surface area contributed by atoms with Crippen LogP contribution in [0.3, 0.4) is 0 Å². The topological polar surface area (TPSA) is 52.1 Å². The van der Waals surface area contributed by atoms with Crippen molar-refractivity contribution in [2.24, 2.45) is 11.8 Å². The Balaban J connectivity index is 1.85. The van der Waals surface area contributed by atoms with Gasteiger partial charge in [-0.2, -0.15) is 4.98 Å². The zero-order chi connectivity index (χ0) is 15.5. The van der Waals surface area contributed by atoms with E-state index in [0.29, 0.717) is 24.0 Å². The highest BCUT2D eigenvalue weighted by molar-refractivity contribution is 5.82. The van der Waals surface area contributed by atoms with Crippen molar-refractivity contribution in [3.8, 4) is 5.88 Å². The molecule has 2 fully saturated rings. The van der Waals surface area contributed by atoms with Crippen LogP contribution in [0.1, 0.15) is 69.0 Å². The first kappa shape index (κ1) is 14.2. The van der Waals surface area contributed by atoms with Gasteiger partial charge in [-0.05, 0) is 38.0 Å². The van der Waals surface area contributed by atoms with Crippen LogP contribution in [0.25, 0.3) is 0 Å². The standard InChI is InChI=1S/C18H24N2O2/c1-10-13-7-6-12-15(18(13,2)9-8-14(10)21)19-16(11-4-5-11)20-17(12)22-3/h10-11,13H,4-9H2,1-3H3/t10-,13-,18-/m0/s1. The molecule has 0 amide bonds. The molecule has 0 bridgehead atoms. The predicted octanol–water partition coefficient (Wildman–Crippen LogP) is 3.18. The Bertz CT molecular complexity index is 638. The van der Waals surface area contributed by atoms with Gasteiger partial charge in [0.25, 0.3) is 0 Å². The van der Waals surface area contributed by atoms with E-state index in [1.54, 1.807) is 7.11 Å². The lowest BCUT2D eigenvalue weighted by Gasteiger charge is -2.47. The Labute approximate surface area is 131 Å². The number of hydrogen-bond acceptors (Lipinski definition) is 4. The van der Waals surface area contributed by atoms with Gasteiger partial charge in [-0.3, -0.25) is 4.79 Å². The molecule has 0 unspecified atom stereocenters. The number of ether oxygens (including phenoxy) is 1. The van der Waals surface area contributed by atoms with Gasteiger partial charge in [0.1, 0.15) is 11.6 Å². The lowest BCUT2D eigenvalue weighted by atomic mass is 9.56. The van der Waals surface area contributed by atoms with Gasteiger partial charge in [0.15, 0.2) is 0 Å². The molecule has 0 saturated heterocycles. The summed E-state index contributed by atoms with van der Waals surface area (Å²) < 4.78 is 5.59. The Morgan fingerprint density at radius 1 is 1.18 bits per heavy atom. The second-order valence-corrected chi connectivity index (χ2v) is 7.51. The van der Waals surface area contributed by atoms with Crippen LogP contribution in [0, 0.1) is 11.8 Å². The Hall–Kier alpha value is -1.45. The Kier molecular flexibility index (Phi) is 3.07. The summed E-state index contributed by atoms with van der Waals surface area (Å²) in [5.74, 6) is 3.24. The minimum Gasteiger partial charge on any atom is -0.481 e. The number of aromatic nitrogens is 2. The predicted molar refractivity (Wildman–Crippen MR) is 83.1 cm³/mol. The van der Waals surface area contributed by atoms with Crippen molar-refractivity contribution in [1.29, 1.82) is 0 Å². The highest BCUT2D eigenvalue weighted by Gasteiger charge is 2.50. The fraction of sp³-hybridized carbons (Fsp3) is 0.722. The lowest BCUT2D eigenvalue weighted by molar-refractivity contribution is -0.128. The minimum absolute atomic E-state index is 0.000764. The van der Waals surface area contributed by atoms with Crippen LogP contribution in [-0.2, 0) is 16.6 Å². The third-order valence-corrected chi connectivity index (χ3v) is 6.19. The van der Waals surface area contributed by atoms with Crippen LogP contribution < -0.4 is 4.74 Å². The van der Waals surface area contributed by atoms with Crippen molar-refractivity contribution in [2.45, 2.75) is 63.7 Å². The van der Waals surface area contributed by atoms with Crippen molar-refractivity contribution in [2.75, 3.05) is 7.11 Å².